The molecular weight excluding hydrogens is 644 g/mol. The third-order valence-electron chi connectivity index (χ3n) is 9.13. The van der Waals surface area contributed by atoms with E-state index in [-0.39, 0.29) is 29.0 Å². The molecular formula is C35H36F4N6O4. The average Bonchev–Trinajstić information content (AvgIpc) is 3.07. The van der Waals surface area contributed by atoms with Gasteiger partial charge in [-0.25, -0.2) is 47.1 Å². The second-order valence-electron chi connectivity index (χ2n) is 12.4. The van der Waals surface area contributed by atoms with E-state index in [1.54, 1.807) is 12.4 Å². The molecule has 258 valence electrons. The van der Waals surface area contributed by atoms with Crippen LogP contribution in [0, 0.1) is 18.6 Å². The van der Waals surface area contributed by atoms with Gasteiger partial charge in [0, 0.05) is 23.0 Å². The molecule has 0 amide bonds. The van der Waals surface area contributed by atoms with Gasteiger partial charge < -0.3 is 21.7 Å². The fourth-order valence-electron chi connectivity index (χ4n) is 6.27. The predicted octanol–water partition coefficient (Wildman–Crippen LogP) is 7.43. The van der Waals surface area contributed by atoms with E-state index in [0.717, 1.165) is 6.07 Å². The number of anilines is 2. The topological polar surface area (TPSA) is 178 Å². The second-order valence-corrected chi connectivity index (χ2v) is 12.4. The third-order valence-corrected chi connectivity index (χ3v) is 9.13. The number of aromatic nitrogens is 4. The van der Waals surface area contributed by atoms with Crippen molar-refractivity contribution in [3.63, 3.8) is 0 Å². The summed E-state index contributed by atoms with van der Waals surface area (Å²) in [6.45, 7) is 1.49. The monoisotopic (exact) mass is 680 g/mol. The Morgan fingerprint density at radius 2 is 1.18 bits per heavy atom. The number of nitrogen functional groups attached to an aromatic ring is 2. The summed E-state index contributed by atoms with van der Waals surface area (Å²) in [4.78, 5) is 39.3. The van der Waals surface area contributed by atoms with Crippen molar-refractivity contribution in [3.8, 4) is 22.5 Å². The lowest BCUT2D eigenvalue weighted by atomic mass is 9.86. The van der Waals surface area contributed by atoms with Gasteiger partial charge in [0.15, 0.2) is 0 Å². The van der Waals surface area contributed by atoms with Gasteiger partial charge in [-0.15, -0.1) is 0 Å². The highest BCUT2D eigenvalue weighted by Crippen LogP contribution is 2.37. The van der Waals surface area contributed by atoms with Gasteiger partial charge in [0.2, 0.25) is 0 Å². The molecule has 0 unspecified atom stereocenters. The van der Waals surface area contributed by atoms with Gasteiger partial charge in [-0.2, -0.15) is 0 Å². The minimum atomic E-state index is -1.34. The smallest absolute Gasteiger partial charge is 0.338 e. The van der Waals surface area contributed by atoms with Crippen molar-refractivity contribution in [1.29, 1.82) is 0 Å². The number of carboxylic acid groups (broad SMARTS) is 2. The highest BCUT2D eigenvalue weighted by Gasteiger charge is 2.26. The molecule has 0 saturated heterocycles. The normalized spacial score (nSPS) is 20.6. The van der Waals surface area contributed by atoms with Crippen LogP contribution in [-0.2, 0) is 0 Å². The standard InChI is InChI=1S/C18H19F2N3O2.C17H17F2N3O2/c1-9-12(6-7-13(15(9)20)18(24)25)16-17(21)22-8-14(23-16)10-2-4-11(19)5-3-10;18-11-4-1-9(2-5-11)14-8-21-16(20)15(22-14)10-3-6-12(17(23)24)13(19)7-10/h6-8,10-11H,2-5H2,1H3,(H2,21,22)(H,24,25);3,6-9,11H,1-2,4-5H2,(H2,20,21)(H,23,24)/t10-,11-;9-,11-. The molecule has 0 spiro atoms. The highest BCUT2D eigenvalue weighted by atomic mass is 19.1. The van der Waals surface area contributed by atoms with Gasteiger partial charge in [0.1, 0.15) is 47.0 Å². The molecule has 6 N–H and O–H groups in total. The Labute approximate surface area is 279 Å². The molecule has 2 aliphatic rings. The van der Waals surface area contributed by atoms with Crippen LogP contribution >= 0.6 is 0 Å². The lowest BCUT2D eigenvalue weighted by Gasteiger charge is -2.24. The van der Waals surface area contributed by atoms with Crippen LogP contribution in [0.15, 0.2) is 42.7 Å². The molecule has 2 aromatic heterocycles. The molecule has 49 heavy (non-hydrogen) atoms. The number of hydrogen-bond acceptors (Lipinski definition) is 8. The molecule has 6 rings (SSSR count). The maximum Gasteiger partial charge on any atom is 0.338 e. The van der Waals surface area contributed by atoms with Crippen LogP contribution in [0.25, 0.3) is 22.5 Å². The molecule has 0 bridgehead atoms. The van der Waals surface area contributed by atoms with Gasteiger partial charge in [-0.3, -0.25) is 0 Å². The van der Waals surface area contributed by atoms with Crippen LogP contribution in [0.2, 0.25) is 0 Å². The van der Waals surface area contributed by atoms with Gasteiger partial charge in [-0.05, 0) is 82.1 Å². The average molecular weight is 681 g/mol. The zero-order valence-corrected chi connectivity index (χ0v) is 26.7. The molecule has 2 aromatic carbocycles. The summed E-state index contributed by atoms with van der Waals surface area (Å²) < 4.78 is 54.8. The van der Waals surface area contributed by atoms with Crippen LogP contribution in [0.5, 0.6) is 0 Å². The lowest BCUT2D eigenvalue weighted by Crippen LogP contribution is -2.15. The number of alkyl halides is 2. The zero-order valence-electron chi connectivity index (χ0n) is 26.7. The molecule has 0 radical (unpaired) electrons. The van der Waals surface area contributed by atoms with Gasteiger partial charge in [0.05, 0.1) is 34.9 Å². The zero-order chi connectivity index (χ0) is 35.4. The first kappa shape index (κ1) is 35.2. The van der Waals surface area contributed by atoms with E-state index in [4.69, 9.17) is 21.7 Å². The number of rotatable bonds is 6. The van der Waals surface area contributed by atoms with Crippen molar-refractivity contribution in [3.05, 3.63) is 82.4 Å². The summed E-state index contributed by atoms with van der Waals surface area (Å²) in [7, 11) is 0. The summed E-state index contributed by atoms with van der Waals surface area (Å²) in [5, 5.41) is 17.9. The number of carbonyl (C=O) groups is 2. The maximum atomic E-state index is 14.3. The Kier molecular flexibility index (Phi) is 10.7. The lowest BCUT2D eigenvalue weighted by molar-refractivity contribution is 0.0680. The van der Waals surface area contributed by atoms with Gasteiger partial charge >= 0.3 is 11.9 Å². The Morgan fingerprint density at radius 1 is 0.714 bits per heavy atom. The molecule has 14 heteroatoms. The maximum absolute atomic E-state index is 14.3. The number of nitrogens with two attached hydrogens (primary N) is 2. The number of hydrogen-bond donors (Lipinski definition) is 4. The van der Waals surface area contributed by atoms with Crippen LogP contribution in [-0.4, -0.2) is 54.4 Å². The summed E-state index contributed by atoms with van der Waals surface area (Å²) in [5.41, 5.74) is 13.9. The SMILES string of the molecule is Cc1c(-c2nc([C@H]3CC[C@H](F)CC3)cnc2N)ccc(C(=O)O)c1F.Nc1ncc([C@H]2CC[C@H](F)CC2)nc1-c1ccc(C(=O)O)c(F)c1. The van der Waals surface area contributed by atoms with E-state index >= 15 is 0 Å². The number of nitrogens with zero attached hydrogens (tertiary/aromatic N) is 4. The van der Waals surface area contributed by atoms with Crippen LogP contribution in [0.4, 0.5) is 29.2 Å². The van der Waals surface area contributed by atoms with Gasteiger partial charge in [0.25, 0.3) is 0 Å². The molecule has 4 aromatic rings. The molecule has 0 atom stereocenters. The Bertz CT molecular complexity index is 1860. The van der Waals surface area contributed by atoms with Crippen molar-refractivity contribution in [2.75, 3.05) is 11.5 Å². The quantitative estimate of drug-likeness (QED) is 0.150. The number of carboxylic acids is 2. The number of aromatic carboxylic acids is 2. The van der Waals surface area contributed by atoms with Crippen molar-refractivity contribution in [2.45, 2.75) is 82.5 Å². The van der Waals surface area contributed by atoms with E-state index in [2.05, 4.69) is 19.9 Å². The van der Waals surface area contributed by atoms with Crippen molar-refractivity contribution < 1.29 is 37.4 Å². The minimum Gasteiger partial charge on any atom is -0.478 e. The van der Waals surface area contributed by atoms with E-state index < -0.39 is 47.0 Å². The summed E-state index contributed by atoms with van der Waals surface area (Å²) in [6, 6.07) is 6.41. The van der Waals surface area contributed by atoms with Gasteiger partial charge in [-0.1, -0.05) is 12.1 Å². The van der Waals surface area contributed by atoms with E-state index in [1.165, 1.54) is 31.2 Å². The van der Waals surface area contributed by atoms with E-state index in [9.17, 15) is 27.2 Å². The summed E-state index contributed by atoms with van der Waals surface area (Å²) in [5.74, 6) is -3.85. The Balaban J connectivity index is 0.000000191. The molecule has 2 fully saturated rings. The molecule has 2 heterocycles. The summed E-state index contributed by atoms with van der Waals surface area (Å²) >= 11 is 0. The van der Waals surface area contributed by atoms with Crippen LogP contribution in [0.3, 0.4) is 0 Å². The van der Waals surface area contributed by atoms with E-state index in [1.807, 2.05) is 0 Å². The first-order valence-electron chi connectivity index (χ1n) is 15.9. The first-order valence-corrected chi connectivity index (χ1v) is 15.9. The molecule has 10 nitrogen and oxygen atoms in total. The fourth-order valence-corrected chi connectivity index (χ4v) is 6.27. The van der Waals surface area contributed by atoms with Crippen molar-refractivity contribution in [1.82, 2.24) is 19.9 Å². The van der Waals surface area contributed by atoms with Crippen LogP contribution in [0.1, 0.15) is 101 Å². The van der Waals surface area contributed by atoms with Crippen molar-refractivity contribution >= 4 is 23.6 Å². The largest absolute Gasteiger partial charge is 0.478 e. The number of halogens is 4. The Hall–Kier alpha value is -5.14. The van der Waals surface area contributed by atoms with Crippen molar-refractivity contribution in [2.24, 2.45) is 0 Å². The first-order chi connectivity index (χ1) is 23.3. The van der Waals surface area contributed by atoms with E-state index in [0.29, 0.717) is 85.3 Å². The predicted molar refractivity (Wildman–Crippen MR) is 175 cm³/mol. The molecule has 2 aliphatic carbocycles. The highest BCUT2D eigenvalue weighted by molar-refractivity contribution is 5.90. The number of benzene rings is 2. The second kappa shape index (κ2) is 15.0. The fraction of sp³-hybridized carbons (Fsp3) is 0.371. The molecule has 0 aliphatic heterocycles. The Morgan fingerprint density at radius 3 is 1.67 bits per heavy atom. The minimum absolute atomic E-state index is 0.0993. The molecule has 2 saturated carbocycles. The van der Waals surface area contributed by atoms with Crippen LogP contribution < -0.4 is 11.5 Å². The third kappa shape index (κ3) is 7.95. The summed E-state index contributed by atoms with van der Waals surface area (Å²) in [6.07, 6.45) is 6.34.